The SMILES string of the molecule is Cc1ccc(C=NS(=O)C(C)(C)C)cc1I. The molecule has 1 aromatic carbocycles. The molecule has 1 aromatic rings. The lowest BCUT2D eigenvalue weighted by atomic mass is 10.2. The van der Waals surface area contributed by atoms with E-state index in [1.807, 2.05) is 39.0 Å². The smallest absolute Gasteiger partial charge is 0.144 e. The van der Waals surface area contributed by atoms with E-state index in [0.717, 1.165) is 5.56 Å². The molecule has 0 heterocycles. The first-order valence-corrected chi connectivity index (χ1v) is 7.21. The van der Waals surface area contributed by atoms with E-state index in [9.17, 15) is 4.21 Å². The second-order valence-electron chi connectivity index (χ2n) is 4.60. The molecule has 0 spiro atoms. The van der Waals surface area contributed by atoms with Crippen LogP contribution in [0, 0.1) is 10.5 Å². The summed E-state index contributed by atoms with van der Waals surface area (Å²) in [5.74, 6) is 0. The predicted octanol–water partition coefficient (Wildman–Crippen LogP) is 3.48. The molecule has 0 saturated carbocycles. The molecule has 0 aliphatic rings. The number of nitrogens with zero attached hydrogens (tertiary/aromatic N) is 1. The van der Waals surface area contributed by atoms with Crippen molar-refractivity contribution in [1.29, 1.82) is 0 Å². The van der Waals surface area contributed by atoms with Crippen LogP contribution >= 0.6 is 22.6 Å². The van der Waals surface area contributed by atoms with Crippen LogP contribution in [0.15, 0.2) is 22.6 Å². The van der Waals surface area contributed by atoms with E-state index in [4.69, 9.17) is 0 Å². The Morgan fingerprint density at radius 3 is 2.50 bits per heavy atom. The summed E-state index contributed by atoms with van der Waals surface area (Å²) in [6.07, 6.45) is 1.68. The number of benzene rings is 1. The molecule has 0 N–H and O–H groups in total. The highest BCUT2D eigenvalue weighted by Crippen LogP contribution is 2.14. The van der Waals surface area contributed by atoms with E-state index >= 15 is 0 Å². The highest BCUT2D eigenvalue weighted by atomic mass is 127. The number of aryl methyl sites for hydroxylation is 1. The van der Waals surface area contributed by atoms with E-state index in [1.165, 1.54) is 9.13 Å². The number of hydrogen-bond donors (Lipinski definition) is 0. The summed E-state index contributed by atoms with van der Waals surface area (Å²) >= 11 is 2.29. The molecule has 1 rings (SSSR count). The molecular weight excluding hydrogens is 333 g/mol. The molecule has 1 unspecified atom stereocenters. The van der Waals surface area contributed by atoms with Crippen LogP contribution in [0.2, 0.25) is 0 Å². The van der Waals surface area contributed by atoms with Crippen molar-refractivity contribution in [1.82, 2.24) is 0 Å². The first-order valence-electron chi connectivity index (χ1n) is 5.03. The Bertz CT molecular complexity index is 435. The van der Waals surface area contributed by atoms with E-state index in [1.54, 1.807) is 6.21 Å². The van der Waals surface area contributed by atoms with Crippen molar-refractivity contribution >= 4 is 39.8 Å². The largest absolute Gasteiger partial charge is 0.234 e. The van der Waals surface area contributed by atoms with E-state index in [-0.39, 0.29) is 4.75 Å². The predicted molar refractivity (Wildman–Crippen MR) is 79.4 cm³/mol. The normalized spacial score (nSPS) is 14.3. The Labute approximate surface area is 113 Å². The van der Waals surface area contributed by atoms with Crippen molar-refractivity contribution < 1.29 is 4.21 Å². The van der Waals surface area contributed by atoms with Crippen molar-refractivity contribution in [2.45, 2.75) is 32.4 Å². The molecule has 0 bridgehead atoms. The van der Waals surface area contributed by atoms with Crippen molar-refractivity contribution in [2.24, 2.45) is 4.40 Å². The Morgan fingerprint density at radius 1 is 1.38 bits per heavy atom. The van der Waals surface area contributed by atoms with Crippen LogP contribution in [-0.2, 0) is 11.0 Å². The van der Waals surface area contributed by atoms with Crippen LogP contribution in [0.3, 0.4) is 0 Å². The van der Waals surface area contributed by atoms with Crippen LogP contribution in [-0.4, -0.2) is 15.2 Å². The summed E-state index contributed by atoms with van der Waals surface area (Å²) in [7, 11) is -1.18. The Kier molecular flexibility index (Phi) is 4.67. The lowest BCUT2D eigenvalue weighted by Crippen LogP contribution is -2.19. The highest BCUT2D eigenvalue weighted by molar-refractivity contribution is 14.1. The molecule has 2 nitrogen and oxygen atoms in total. The lowest BCUT2D eigenvalue weighted by Gasteiger charge is -2.12. The number of hydrogen-bond acceptors (Lipinski definition) is 1. The van der Waals surface area contributed by atoms with Crippen LogP contribution in [0.4, 0.5) is 0 Å². The van der Waals surface area contributed by atoms with Gasteiger partial charge < -0.3 is 0 Å². The summed E-state index contributed by atoms with van der Waals surface area (Å²) in [4.78, 5) is 0. The molecule has 0 aromatic heterocycles. The van der Waals surface area contributed by atoms with Gasteiger partial charge in [-0.05, 0) is 67.5 Å². The number of rotatable bonds is 2. The van der Waals surface area contributed by atoms with Gasteiger partial charge in [0, 0.05) is 9.78 Å². The average molecular weight is 349 g/mol. The first kappa shape index (κ1) is 13.8. The molecule has 0 saturated heterocycles. The minimum absolute atomic E-state index is 0.297. The molecular formula is C12H16INOS. The van der Waals surface area contributed by atoms with Crippen LogP contribution in [0.5, 0.6) is 0 Å². The van der Waals surface area contributed by atoms with Gasteiger partial charge in [0.05, 0.1) is 4.75 Å². The zero-order valence-electron chi connectivity index (χ0n) is 9.95. The van der Waals surface area contributed by atoms with Gasteiger partial charge in [0.15, 0.2) is 0 Å². The zero-order valence-corrected chi connectivity index (χ0v) is 12.9. The fourth-order valence-electron chi connectivity index (χ4n) is 0.956. The second-order valence-corrected chi connectivity index (χ2v) is 7.70. The first-order chi connectivity index (χ1) is 7.30. The maximum atomic E-state index is 11.7. The second kappa shape index (κ2) is 5.40. The van der Waals surface area contributed by atoms with Gasteiger partial charge in [-0.3, -0.25) is 0 Å². The standard InChI is InChI=1S/C12H16INOS/c1-9-5-6-10(7-11(9)13)8-14-16(15)12(2,3)4/h5-8H,1-4H3. The fourth-order valence-corrected chi connectivity index (χ4v) is 2.03. The summed E-state index contributed by atoms with van der Waals surface area (Å²) < 4.78 is 16.7. The molecule has 0 fully saturated rings. The molecule has 0 aliphatic carbocycles. The highest BCUT2D eigenvalue weighted by Gasteiger charge is 2.17. The summed E-state index contributed by atoms with van der Waals surface area (Å²) in [5.41, 5.74) is 2.24. The molecule has 88 valence electrons. The van der Waals surface area contributed by atoms with Gasteiger partial charge in [0.25, 0.3) is 0 Å². The van der Waals surface area contributed by atoms with Crippen molar-refractivity contribution in [2.75, 3.05) is 0 Å². The lowest BCUT2D eigenvalue weighted by molar-refractivity contribution is 0.651. The maximum Gasteiger partial charge on any atom is 0.144 e. The van der Waals surface area contributed by atoms with Gasteiger partial charge in [0.2, 0.25) is 0 Å². The van der Waals surface area contributed by atoms with Crippen LogP contribution in [0.1, 0.15) is 31.9 Å². The summed E-state index contributed by atoms with van der Waals surface area (Å²) in [6.45, 7) is 7.81. The molecule has 0 amide bonds. The van der Waals surface area contributed by atoms with Crippen molar-refractivity contribution in [3.05, 3.63) is 32.9 Å². The molecule has 4 heteroatoms. The van der Waals surface area contributed by atoms with E-state index in [0.29, 0.717) is 0 Å². The van der Waals surface area contributed by atoms with E-state index < -0.39 is 11.0 Å². The third-order valence-electron chi connectivity index (χ3n) is 2.02. The average Bonchev–Trinajstić information content (AvgIpc) is 2.18. The summed E-state index contributed by atoms with van der Waals surface area (Å²) in [5, 5.41) is 0. The topological polar surface area (TPSA) is 29.4 Å². The number of halogens is 1. The maximum absolute atomic E-state index is 11.7. The third kappa shape index (κ3) is 3.97. The van der Waals surface area contributed by atoms with Gasteiger partial charge in [-0.2, -0.15) is 4.40 Å². The third-order valence-corrected chi connectivity index (χ3v) is 4.52. The van der Waals surface area contributed by atoms with Crippen LogP contribution < -0.4 is 0 Å². The Morgan fingerprint density at radius 2 is 2.00 bits per heavy atom. The minimum atomic E-state index is -1.18. The Hall–Kier alpha value is -0.230. The van der Waals surface area contributed by atoms with Gasteiger partial charge in [-0.15, -0.1) is 0 Å². The molecule has 16 heavy (non-hydrogen) atoms. The van der Waals surface area contributed by atoms with Crippen molar-refractivity contribution in [3.63, 3.8) is 0 Å². The Balaban J connectivity index is 2.85. The quantitative estimate of drug-likeness (QED) is 0.594. The fraction of sp³-hybridized carbons (Fsp3) is 0.417. The van der Waals surface area contributed by atoms with E-state index in [2.05, 4.69) is 33.9 Å². The van der Waals surface area contributed by atoms with Gasteiger partial charge in [0.1, 0.15) is 11.0 Å². The van der Waals surface area contributed by atoms with Gasteiger partial charge in [-0.25, -0.2) is 4.21 Å². The summed E-state index contributed by atoms with van der Waals surface area (Å²) in [6, 6.07) is 6.07. The van der Waals surface area contributed by atoms with Crippen molar-refractivity contribution in [3.8, 4) is 0 Å². The molecule has 0 aliphatic heterocycles. The van der Waals surface area contributed by atoms with Crippen LogP contribution in [0.25, 0.3) is 0 Å². The molecule has 0 radical (unpaired) electrons. The zero-order chi connectivity index (χ0) is 12.3. The monoisotopic (exact) mass is 349 g/mol. The molecule has 1 atom stereocenters. The van der Waals surface area contributed by atoms with Gasteiger partial charge >= 0.3 is 0 Å². The minimum Gasteiger partial charge on any atom is -0.234 e. The van der Waals surface area contributed by atoms with Gasteiger partial charge in [-0.1, -0.05) is 12.1 Å².